The molecule has 0 atom stereocenters. The monoisotopic (exact) mass is 328 g/mol. The zero-order valence-electron chi connectivity index (χ0n) is 13.1. The number of Topliss-reactive ketones (excluding diaryl/α,β-unsaturated/α-hetero) is 1. The SMILES string of the molecule is CCOP(=O)(COc1cc(OC)cc2c1C(=O)CC2)OCC. The van der Waals surface area contributed by atoms with Crippen molar-refractivity contribution in [3.05, 3.63) is 23.3 Å². The van der Waals surface area contributed by atoms with Gasteiger partial charge in [-0.3, -0.25) is 9.36 Å². The first-order valence-corrected chi connectivity index (χ1v) is 9.00. The molecule has 7 heteroatoms. The number of hydrogen-bond donors (Lipinski definition) is 0. The van der Waals surface area contributed by atoms with Crippen LogP contribution in [0.25, 0.3) is 0 Å². The summed E-state index contributed by atoms with van der Waals surface area (Å²) in [7, 11) is -1.78. The standard InChI is InChI=1S/C15H21O6P/c1-4-20-22(17,21-5-2)10-19-14-9-12(18-3)8-11-6-7-13(16)15(11)14/h8-9H,4-7,10H2,1-3H3. The number of aryl methyl sites for hydroxylation is 1. The van der Waals surface area contributed by atoms with Crippen molar-refractivity contribution in [2.75, 3.05) is 26.7 Å². The van der Waals surface area contributed by atoms with Crippen LogP contribution in [0.3, 0.4) is 0 Å². The van der Waals surface area contributed by atoms with E-state index < -0.39 is 7.60 Å². The topological polar surface area (TPSA) is 71.1 Å². The third-order valence-corrected chi connectivity index (χ3v) is 5.07. The highest BCUT2D eigenvalue weighted by molar-refractivity contribution is 7.53. The first kappa shape index (κ1) is 17.0. The van der Waals surface area contributed by atoms with Gasteiger partial charge in [-0.25, -0.2) is 0 Å². The molecule has 0 aromatic heterocycles. The zero-order valence-corrected chi connectivity index (χ0v) is 14.0. The summed E-state index contributed by atoms with van der Waals surface area (Å²) in [5.74, 6) is 0.998. The highest BCUT2D eigenvalue weighted by atomic mass is 31.2. The van der Waals surface area contributed by atoms with E-state index in [1.165, 1.54) is 0 Å². The quantitative estimate of drug-likeness (QED) is 0.681. The Morgan fingerprint density at radius 1 is 1.14 bits per heavy atom. The molecule has 2 rings (SSSR count). The summed E-state index contributed by atoms with van der Waals surface area (Å²) in [5.41, 5.74) is 1.43. The molecule has 0 unspecified atom stereocenters. The van der Waals surface area contributed by atoms with Crippen molar-refractivity contribution in [2.24, 2.45) is 0 Å². The minimum atomic E-state index is -3.33. The van der Waals surface area contributed by atoms with Crippen LogP contribution in [0.4, 0.5) is 0 Å². The number of carbonyl (C=O) groups excluding carboxylic acids is 1. The first-order chi connectivity index (χ1) is 10.5. The Labute approximate surface area is 130 Å². The number of carbonyl (C=O) groups is 1. The molecule has 0 saturated heterocycles. The molecule has 1 aliphatic rings. The average molecular weight is 328 g/mol. The van der Waals surface area contributed by atoms with E-state index in [1.54, 1.807) is 27.0 Å². The van der Waals surface area contributed by atoms with E-state index in [-0.39, 0.29) is 25.3 Å². The van der Waals surface area contributed by atoms with Crippen LogP contribution in [0.1, 0.15) is 36.2 Å². The second kappa shape index (κ2) is 7.27. The van der Waals surface area contributed by atoms with Gasteiger partial charge >= 0.3 is 7.60 Å². The fourth-order valence-corrected chi connectivity index (χ4v) is 3.73. The second-order valence-electron chi connectivity index (χ2n) is 4.80. The molecule has 0 radical (unpaired) electrons. The predicted molar refractivity (Wildman–Crippen MR) is 82.0 cm³/mol. The molecule has 22 heavy (non-hydrogen) atoms. The van der Waals surface area contributed by atoms with Crippen molar-refractivity contribution in [1.29, 1.82) is 0 Å². The molecule has 0 spiro atoms. The van der Waals surface area contributed by atoms with E-state index in [9.17, 15) is 9.36 Å². The van der Waals surface area contributed by atoms with Gasteiger partial charge in [0, 0.05) is 12.5 Å². The third-order valence-electron chi connectivity index (χ3n) is 3.32. The summed E-state index contributed by atoms with van der Waals surface area (Å²) in [6.45, 7) is 3.99. The fraction of sp³-hybridized carbons (Fsp3) is 0.533. The Morgan fingerprint density at radius 2 is 1.82 bits per heavy atom. The van der Waals surface area contributed by atoms with Gasteiger partial charge in [0.25, 0.3) is 0 Å². The molecule has 0 amide bonds. The Morgan fingerprint density at radius 3 is 2.41 bits per heavy atom. The zero-order chi connectivity index (χ0) is 16.2. The predicted octanol–water partition coefficient (Wildman–Crippen LogP) is 3.43. The molecule has 0 bridgehead atoms. The number of hydrogen-bond acceptors (Lipinski definition) is 6. The van der Waals surface area contributed by atoms with Crippen molar-refractivity contribution in [3.8, 4) is 11.5 Å². The fourth-order valence-electron chi connectivity index (χ4n) is 2.42. The molecule has 1 aromatic rings. The van der Waals surface area contributed by atoms with E-state index in [4.69, 9.17) is 18.5 Å². The lowest BCUT2D eigenvalue weighted by Gasteiger charge is -2.18. The normalized spacial score (nSPS) is 14.0. The molecule has 122 valence electrons. The van der Waals surface area contributed by atoms with Crippen LogP contribution in [0.2, 0.25) is 0 Å². The summed E-state index contributed by atoms with van der Waals surface area (Å²) in [6, 6.07) is 3.46. The lowest BCUT2D eigenvalue weighted by atomic mass is 10.1. The van der Waals surface area contributed by atoms with E-state index in [0.717, 1.165) is 5.56 Å². The van der Waals surface area contributed by atoms with Crippen LogP contribution in [-0.2, 0) is 20.0 Å². The Balaban J connectivity index is 2.24. The minimum Gasteiger partial charge on any atom is -0.497 e. The summed E-state index contributed by atoms with van der Waals surface area (Å²) in [6.07, 6.45) is 0.880. The maximum absolute atomic E-state index is 12.4. The van der Waals surface area contributed by atoms with Crippen LogP contribution in [0, 0.1) is 0 Å². The second-order valence-corrected chi connectivity index (χ2v) is 6.80. The van der Waals surface area contributed by atoms with Gasteiger partial charge < -0.3 is 18.5 Å². The molecular formula is C15H21O6P. The number of methoxy groups -OCH3 is 1. The van der Waals surface area contributed by atoms with Gasteiger partial charge in [-0.2, -0.15) is 0 Å². The lowest BCUT2D eigenvalue weighted by Crippen LogP contribution is -2.08. The van der Waals surface area contributed by atoms with Gasteiger partial charge in [0.1, 0.15) is 11.5 Å². The first-order valence-electron chi connectivity index (χ1n) is 7.28. The third kappa shape index (κ3) is 3.69. The number of ether oxygens (including phenoxy) is 2. The van der Waals surface area contributed by atoms with Crippen molar-refractivity contribution in [3.63, 3.8) is 0 Å². The average Bonchev–Trinajstić information content (AvgIpc) is 2.87. The molecule has 1 aromatic carbocycles. The van der Waals surface area contributed by atoms with E-state index in [1.807, 2.05) is 6.07 Å². The highest BCUT2D eigenvalue weighted by Gasteiger charge is 2.29. The molecule has 1 aliphatic carbocycles. The maximum atomic E-state index is 12.4. The van der Waals surface area contributed by atoms with Gasteiger partial charge in [0.15, 0.2) is 12.1 Å². The van der Waals surface area contributed by atoms with Gasteiger partial charge in [-0.15, -0.1) is 0 Å². The highest BCUT2D eigenvalue weighted by Crippen LogP contribution is 2.48. The molecule has 0 N–H and O–H groups in total. The smallest absolute Gasteiger partial charge is 0.367 e. The number of rotatable bonds is 8. The molecule has 0 heterocycles. The molecule has 0 aliphatic heterocycles. The van der Waals surface area contributed by atoms with Crippen molar-refractivity contribution in [2.45, 2.75) is 26.7 Å². The summed E-state index contributed by atoms with van der Waals surface area (Å²) in [4.78, 5) is 12.0. The summed E-state index contributed by atoms with van der Waals surface area (Å²) < 4.78 is 33.6. The minimum absolute atomic E-state index is 0.0234. The van der Waals surface area contributed by atoms with Gasteiger partial charge in [-0.05, 0) is 31.9 Å². The van der Waals surface area contributed by atoms with E-state index >= 15 is 0 Å². The number of benzene rings is 1. The van der Waals surface area contributed by atoms with Crippen LogP contribution in [0.5, 0.6) is 11.5 Å². The van der Waals surface area contributed by atoms with Gasteiger partial charge in [-0.1, -0.05) is 0 Å². The number of fused-ring (bicyclic) bond motifs is 1. The van der Waals surface area contributed by atoms with Crippen molar-refractivity contribution >= 4 is 13.4 Å². The van der Waals surface area contributed by atoms with Crippen LogP contribution < -0.4 is 9.47 Å². The van der Waals surface area contributed by atoms with E-state index in [2.05, 4.69) is 0 Å². The lowest BCUT2D eigenvalue weighted by molar-refractivity contribution is 0.0990. The largest absolute Gasteiger partial charge is 0.497 e. The maximum Gasteiger partial charge on any atom is 0.367 e. The van der Waals surface area contributed by atoms with Crippen LogP contribution in [-0.4, -0.2) is 32.5 Å². The summed E-state index contributed by atoms with van der Waals surface area (Å²) >= 11 is 0. The van der Waals surface area contributed by atoms with Gasteiger partial charge in [0.05, 0.1) is 25.9 Å². The molecule has 0 saturated carbocycles. The van der Waals surface area contributed by atoms with Gasteiger partial charge in [0.2, 0.25) is 0 Å². The number of ketones is 1. The Bertz CT molecular complexity index is 588. The van der Waals surface area contributed by atoms with Crippen LogP contribution in [0.15, 0.2) is 12.1 Å². The molecule has 0 fully saturated rings. The molecular weight excluding hydrogens is 307 g/mol. The Kier molecular flexibility index (Phi) is 5.62. The Hall–Kier alpha value is -1.36. The van der Waals surface area contributed by atoms with E-state index in [0.29, 0.717) is 29.9 Å². The molecule has 6 nitrogen and oxygen atoms in total. The van der Waals surface area contributed by atoms with Crippen LogP contribution >= 0.6 is 7.60 Å². The van der Waals surface area contributed by atoms with Crippen molar-refractivity contribution < 1.29 is 27.9 Å². The van der Waals surface area contributed by atoms with Crippen molar-refractivity contribution in [1.82, 2.24) is 0 Å². The summed E-state index contributed by atoms with van der Waals surface area (Å²) in [5, 5.41) is 0.